The van der Waals surface area contributed by atoms with Crippen LogP contribution < -0.4 is 10.0 Å². The minimum Gasteiger partial charge on any atom is -0.352 e. The van der Waals surface area contributed by atoms with Gasteiger partial charge >= 0.3 is 6.18 Å². The predicted octanol–water partition coefficient (Wildman–Crippen LogP) is 1.59. The normalized spacial score (nSPS) is 24.6. The van der Waals surface area contributed by atoms with E-state index in [9.17, 15) is 31.2 Å². The van der Waals surface area contributed by atoms with Crippen molar-refractivity contribution in [2.24, 2.45) is 11.3 Å². The molecule has 0 saturated heterocycles. The Morgan fingerprint density at radius 1 is 1.41 bits per heavy atom. The maximum Gasteiger partial charge on any atom is 0.390 e. The summed E-state index contributed by atoms with van der Waals surface area (Å²) in [5.41, 5.74) is -0.650. The van der Waals surface area contributed by atoms with Gasteiger partial charge in [-0.15, -0.1) is 0 Å². The van der Waals surface area contributed by atoms with E-state index in [4.69, 9.17) is 0 Å². The molecule has 1 heterocycles. The Morgan fingerprint density at radius 2 is 2.14 bits per heavy atom. The molecule has 2 aliphatic carbocycles. The Hall–Kier alpha value is -2.11. The maximum atomic E-state index is 12.4. The summed E-state index contributed by atoms with van der Waals surface area (Å²) in [6.45, 7) is 1.06. The lowest BCUT2D eigenvalue weighted by Crippen LogP contribution is -2.45. The van der Waals surface area contributed by atoms with Crippen molar-refractivity contribution in [3.05, 3.63) is 18.0 Å². The molecule has 12 heteroatoms. The fourth-order valence-corrected chi connectivity index (χ4v) is 5.15. The number of alkyl halides is 3. The quantitative estimate of drug-likeness (QED) is 0.643. The number of hydrogen-bond acceptors (Lipinski definition) is 5. The third-order valence-corrected chi connectivity index (χ3v) is 6.89. The molecule has 0 bridgehead atoms. The van der Waals surface area contributed by atoms with Crippen molar-refractivity contribution >= 4 is 21.8 Å². The molecule has 2 N–H and O–H groups in total. The van der Waals surface area contributed by atoms with E-state index >= 15 is 0 Å². The van der Waals surface area contributed by atoms with Crippen LogP contribution in [0, 0.1) is 11.3 Å². The average molecular weight is 436 g/mol. The van der Waals surface area contributed by atoms with E-state index in [0.717, 1.165) is 36.4 Å². The van der Waals surface area contributed by atoms with Gasteiger partial charge in [0.05, 0.1) is 17.6 Å². The number of aromatic nitrogens is 2. The molecule has 0 aromatic carbocycles. The summed E-state index contributed by atoms with van der Waals surface area (Å²) in [5, 5.41) is 6.37. The highest BCUT2D eigenvalue weighted by Crippen LogP contribution is 2.63. The van der Waals surface area contributed by atoms with Gasteiger partial charge in [0.15, 0.2) is 5.69 Å². The molecule has 2 amide bonds. The Balaban J connectivity index is 1.50. The highest BCUT2D eigenvalue weighted by molar-refractivity contribution is 7.90. The van der Waals surface area contributed by atoms with Crippen LogP contribution in [0.5, 0.6) is 0 Å². The zero-order valence-corrected chi connectivity index (χ0v) is 16.6. The molecule has 2 fully saturated rings. The largest absolute Gasteiger partial charge is 0.390 e. The summed E-state index contributed by atoms with van der Waals surface area (Å²) in [5.74, 6) is -1.29. The SMILES string of the molecule is C[C@H](CS(=O)(=O)NC(=O)c1ccn(CCC(F)(F)F)n1)NC(=O)[C@@]12CCC[C@@H]1C2. The van der Waals surface area contributed by atoms with Crippen molar-refractivity contribution in [2.75, 3.05) is 5.75 Å². The fourth-order valence-electron chi connectivity index (χ4n) is 3.94. The van der Waals surface area contributed by atoms with Crippen LogP contribution in [0.25, 0.3) is 0 Å². The molecular formula is C17H23F3N4O4S. The molecule has 3 rings (SSSR count). The van der Waals surface area contributed by atoms with Crippen molar-refractivity contribution < 1.29 is 31.2 Å². The van der Waals surface area contributed by atoms with Gasteiger partial charge in [0.25, 0.3) is 5.91 Å². The number of hydrogen-bond donors (Lipinski definition) is 2. The zero-order chi connectivity index (χ0) is 21.4. The van der Waals surface area contributed by atoms with Gasteiger partial charge in [-0.2, -0.15) is 18.3 Å². The number of aryl methyl sites for hydroxylation is 1. The third-order valence-electron chi connectivity index (χ3n) is 5.45. The first kappa shape index (κ1) is 21.6. The molecule has 1 aromatic heterocycles. The van der Waals surface area contributed by atoms with Crippen molar-refractivity contribution in [3.63, 3.8) is 0 Å². The molecule has 29 heavy (non-hydrogen) atoms. The maximum absolute atomic E-state index is 12.4. The Kier molecular flexibility index (Phi) is 5.67. The van der Waals surface area contributed by atoms with E-state index in [1.807, 2.05) is 4.72 Å². The van der Waals surface area contributed by atoms with E-state index in [1.54, 1.807) is 0 Å². The summed E-state index contributed by atoms with van der Waals surface area (Å²) in [7, 11) is -4.07. The van der Waals surface area contributed by atoms with Gasteiger partial charge in [-0.05, 0) is 38.2 Å². The van der Waals surface area contributed by atoms with E-state index in [1.165, 1.54) is 13.1 Å². The van der Waals surface area contributed by atoms with Gasteiger partial charge in [-0.3, -0.25) is 14.3 Å². The molecule has 8 nitrogen and oxygen atoms in total. The molecule has 162 valence electrons. The number of carbonyl (C=O) groups is 2. The molecule has 0 aliphatic heterocycles. The highest BCUT2D eigenvalue weighted by Gasteiger charge is 2.62. The van der Waals surface area contributed by atoms with Crippen molar-refractivity contribution in [2.45, 2.75) is 57.8 Å². The van der Waals surface area contributed by atoms with E-state index < -0.39 is 46.9 Å². The number of rotatable bonds is 8. The number of amides is 2. The molecule has 1 aromatic rings. The summed E-state index contributed by atoms with van der Waals surface area (Å²) in [4.78, 5) is 24.5. The van der Waals surface area contributed by atoms with E-state index in [-0.39, 0.29) is 17.0 Å². The standard InChI is InChI=1S/C17H23F3N4O4S/c1-11(21-15(26)16-5-2-3-12(16)9-16)10-29(27,28)23-14(25)13-4-7-24(22-13)8-6-17(18,19)20/h4,7,11-12H,2-3,5-6,8-10H2,1H3,(H,21,26)(H,23,25)/t11-,12-,16-/m1/s1. The third kappa shape index (κ3) is 5.28. The second-order valence-corrected chi connectivity index (χ2v) is 9.63. The second kappa shape index (κ2) is 7.62. The minimum absolute atomic E-state index is 0.141. The average Bonchev–Trinajstić information content (AvgIpc) is 2.95. The van der Waals surface area contributed by atoms with Gasteiger partial charge in [-0.1, -0.05) is 6.42 Å². The molecule has 0 radical (unpaired) electrons. The zero-order valence-electron chi connectivity index (χ0n) is 15.8. The first-order chi connectivity index (χ1) is 13.4. The van der Waals surface area contributed by atoms with Crippen LogP contribution in [0.3, 0.4) is 0 Å². The van der Waals surface area contributed by atoms with Crippen LogP contribution in [-0.4, -0.2) is 48.0 Å². The Labute approximate surface area is 166 Å². The fraction of sp³-hybridized carbons (Fsp3) is 0.706. The molecule has 2 aliphatic rings. The van der Waals surface area contributed by atoms with Gasteiger partial charge in [0, 0.05) is 18.8 Å². The highest BCUT2D eigenvalue weighted by atomic mass is 32.2. The molecule has 2 saturated carbocycles. The number of halogens is 3. The number of nitrogens with zero attached hydrogens (tertiary/aromatic N) is 2. The number of sulfonamides is 1. The molecular weight excluding hydrogens is 413 g/mol. The lowest BCUT2D eigenvalue weighted by atomic mass is 10.0. The summed E-state index contributed by atoms with van der Waals surface area (Å²) in [6.07, 6.45) is -0.640. The Morgan fingerprint density at radius 3 is 2.72 bits per heavy atom. The van der Waals surface area contributed by atoms with Crippen molar-refractivity contribution in [1.82, 2.24) is 19.8 Å². The smallest absolute Gasteiger partial charge is 0.352 e. The van der Waals surface area contributed by atoms with Crippen LogP contribution in [0.15, 0.2) is 12.3 Å². The van der Waals surface area contributed by atoms with Crippen molar-refractivity contribution in [1.29, 1.82) is 0 Å². The number of nitrogens with one attached hydrogen (secondary N) is 2. The van der Waals surface area contributed by atoms with Gasteiger partial charge in [0.2, 0.25) is 15.9 Å². The van der Waals surface area contributed by atoms with E-state index in [0.29, 0.717) is 5.92 Å². The van der Waals surface area contributed by atoms with Crippen LogP contribution >= 0.6 is 0 Å². The number of fused-ring (bicyclic) bond motifs is 1. The van der Waals surface area contributed by atoms with Gasteiger partial charge in [0.1, 0.15) is 0 Å². The van der Waals surface area contributed by atoms with Crippen LogP contribution in [-0.2, 0) is 21.4 Å². The summed E-state index contributed by atoms with van der Waals surface area (Å²) >= 11 is 0. The first-order valence-corrected chi connectivity index (χ1v) is 11.0. The first-order valence-electron chi connectivity index (χ1n) is 9.36. The van der Waals surface area contributed by atoms with Crippen molar-refractivity contribution in [3.8, 4) is 0 Å². The lowest BCUT2D eigenvalue weighted by molar-refractivity contribution is -0.137. The molecule has 0 spiro atoms. The minimum atomic E-state index is -4.36. The van der Waals surface area contributed by atoms with Gasteiger partial charge in [-0.25, -0.2) is 13.1 Å². The van der Waals surface area contributed by atoms with Crippen LogP contribution in [0.1, 0.15) is 49.5 Å². The summed E-state index contributed by atoms with van der Waals surface area (Å²) in [6, 6.07) is 0.437. The lowest BCUT2D eigenvalue weighted by Gasteiger charge is -2.18. The van der Waals surface area contributed by atoms with Crippen LogP contribution in [0.2, 0.25) is 0 Å². The monoisotopic (exact) mass is 436 g/mol. The van der Waals surface area contributed by atoms with Gasteiger partial charge < -0.3 is 5.32 Å². The number of carbonyl (C=O) groups excluding carboxylic acids is 2. The van der Waals surface area contributed by atoms with E-state index in [2.05, 4.69) is 10.4 Å². The molecule has 0 unspecified atom stereocenters. The second-order valence-electron chi connectivity index (χ2n) is 7.87. The topological polar surface area (TPSA) is 110 Å². The van der Waals surface area contributed by atoms with Crippen LogP contribution in [0.4, 0.5) is 13.2 Å². The molecule has 3 atom stereocenters. The predicted molar refractivity (Wildman–Crippen MR) is 96.1 cm³/mol. The Bertz CT molecular complexity index is 899. The summed E-state index contributed by atoms with van der Waals surface area (Å²) < 4.78 is 63.9.